The normalized spacial score (nSPS) is 10.1. The lowest BCUT2D eigenvalue weighted by molar-refractivity contribution is 0.0517. The number of hydrogen-bond donors (Lipinski definition) is 0. The topological polar surface area (TPSA) is 44.8 Å². The predicted octanol–water partition coefficient (Wildman–Crippen LogP) is 2.67. The Labute approximate surface area is 108 Å². The fourth-order valence-electron chi connectivity index (χ4n) is 1.43. The fourth-order valence-corrected chi connectivity index (χ4v) is 1.43. The SMILES string of the molecule is CCCOCCOc1ccccc1C(=O)OCC. The smallest absolute Gasteiger partial charge is 0.341 e. The first-order valence-electron chi connectivity index (χ1n) is 6.26. The number of rotatable bonds is 8. The predicted molar refractivity (Wildman–Crippen MR) is 69.0 cm³/mol. The van der Waals surface area contributed by atoms with Crippen LogP contribution in [0.4, 0.5) is 0 Å². The quantitative estimate of drug-likeness (QED) is 0.527. The molecule has 0 aliphatic rings. The van der Waals surface area contributed by atoms with Gasteiger partial charge in [0.1, 0.15) is 17.9 Å². The van der Waals surface area contributed by atoms with E-state index < -0.39 is 0 Å². The first-order chi connectivity index (χ1) is 8.79. The fraction of sp³-hybridized carbons (Fsp3) is 0.500. The average Bonchev–Trinajstić information content (AvgIpc) is 2.39. The Balaban J connectivity index is 2.51. The second kappa shape index (κ2) is 8.53. The number of para-hydroxylation sites is 1. The van der Waals surface area contributed by atoms with Crippen molar-refractivity contribution in [1.29, 1.82) is 0 Å². The molecule has 0 saturated heterocycles. The standard InChI is InChI=1S/C14H20O4/c1-3-9-16-10-11-18-13-8-6-5-7-12(13)14(15)17-4-2/h5-8H,3-4,9-11H2,1-2H3. The molecule has 0 heterocycles. The van der Waals surface area contributed by atoms with Crippen LogP contribution in [0.25, 0.3) is 0 Å². The molecule has 0 bridgehead atoms. The molecule has 4 heteroatoms. The van der Waals surface area contributed by atoms with Gasteiger partial charge in [0.15, 0.2) is 0 Å². The molecular weight excluding hydrogens is 232 g/mol. The molecule has 0 radical (unpaired) electrons. The highest BCUT2D eigenvalue weighted by Gasteiger charge is 2.12. The zero-order chi connectivity index (χ0) is 13.2. The van der Waals surface area contributed by atoms with Crippen LogP contribution >= 0.6 is 0 Å². The van der Waals surface area contributed by atoms with Gasteiger partial charge in [0.05, 0.1) is 13.2 Å². The van der Waals surface area contributed by atoms with Crippen molar-refractivity contribution in [2.24, 2.45) is 0 Å². The molecule has 0 aliphatic heterocycles. The van der Waals surface area contributed by atoms with E-state index in [-0.39, 0.29) is 5.97 Å². The zero-order valence-corrected chi connectivity index (χ0v) is 11.0. The molecule has 1 aromatic rings. The summed E-state index contributed by atoms with van der Waals surface area (Å²) >= 11 is 0. The van der Waals surface area contributed by atoms with Gasteiger partial charge < -0.3 is 14.2 Å². The van der Waals surface area contributed by atoms with Crippen molar-refractivity contribution in [2.45, 2.75) is 20.3 Å². The molecule has 0 aliphatic carbocycles. The van der Waals surface area contributed by atoms with E-state index in [0.29, 0.717) is 31.1 Å². The van der Waals surface area contributed by atoms with Crippen LogP contribution in [0.1, 0.15) is 30.6 Å². The first kappa shape index (κ1) is 14.5. The molecular formula is C14H20O4. The molecule has 1 rings (SSSR count). The summed E-state index contributed by atoms with van der Waals surface area (Å²) in [6, 6.07) is 7.06. The molecule has 0 amide bonds. The molecule has 100 valence electrons. The molecule has 0 atom stereocenters. The number of carbonyl (C=O) groups excluding carboxylic acids is 1. The summed E-state index contributed by atoms with van der Waals surface area (Å²) in [5, 5.41) is 0. The number of carbonyl (C=O) groups is 1. The minimum Gasteiger partial charge on any atom is -0.490 e. The molecule has 0 unspecified atom stereocenters. The van der Waals surface area contributed by atoms with Crippen molar-refractivity contribution in [3.63, 3.8) is 0 Å². The van der Waals surface area contributed by atoms with Crippen LogP contribution in [0, 0.1) is 0 Å². The van der Waals surface area contributed by atoms with Gasteiger partial charge in [0.25, 0.3) is 0 Å². The summed E-state index contributed by atoms with van der Waals surface area (Å²) in [4.78, 5) is 11.7. The number of esters is 1. The van der Waals surface area contributed by atoms with Gasteiger partial charge in [0, 0.05) is 6.61 Å². The maximum atomic E-state index is 11.7. The van der Waals surface area contributed by atoms with Gasteiger partial charge in [-0.25, -0.2) is 4.79 Å². The third-order valence-electron chi connectivity index (χ3n) is 2.22. The summed E-state index contributed by atoms with van der Waals surface area (Å²) in [5.41, 5.74) is 0.454. The van der Waals surface area contributed by atoms with Gasteiger partial charge in [-0.3, -0.25) is 0 Å². The summed E-state index contributed by atoms with van der Waals surface area (Å²) in [6.45, 7) is 5.86. The highest BCUT2D eigenvalue weighted by Crippen LogP contribution is 2.18. The van der Waals surface area contributed by atoms with E-state index >= 15 is 0 Å². The minimum absolute atomic E-state index is 0.354. The highest BCUT2D eigenvalue weighted by molar-refractivity contribution is 5.92. The summed E-state index contributed by atoms with van der Waals surface area (Å²) in [7, 11) is 0. The molecule has 0 aromatic heterocycles. The van der Waals surface area contributed by atoms with Crippen LogP contribution in [-0.4, -0.2) is 32.4 Å². The maximum absolute atomic E-state index is 11.7. The Bertz CT molecular complexity index is 363. The third kappa shape index (κ3) is 4.75. The van der Waals surface area contributed by atoms with E-state index in [1.165, 1.54) is 0 Å². The second-order valence-electron chi connectivity index (χ2n) is 3.68. The first-order valence-corrected chi connectivity index (χ1v) is 6.26. The Morgan fingerprint density at radius 2 is 1.89 bits per heavy atom. The van der Waals surface area contributed by atoms with E-state index in [2.05, 4.69) is 6.92 Å². The Kier molecular flexibility index (Phi) is 6.87. The van der Waals surface area contributed by atoms with Gasteiger partial charge in [-0.2, -0.15) is 0 Å². The molecule has 0 N–H and O–H groups in total. The summed E-state index contributed by atoms with van der Waals surface area (Å²) in [5.74, 6) is 0.179. The molecule has 0 fully saturated rings. The zero-order valence-electron chi connectivity index (χ0n) is 11.0. The van der Waals surface area contributed by atoms with E-state index in [1.54, 1.807) is 25.1 Å². The van der Waals surface area contributed by atoms with Crippen LogP contribution in [-0.2, 0) is 9.47 Å². The van der Waals surface area contributed by atoms with Crippen molar-refractivity contribution in [3.8, 4) is 5.75 Å². The van der Waals surface area contributed by atoms with Crippen molar-refractivity contribution in [3.05, 3.63) is 29.8 Å². The van der Waals surface area contributed by atoms with Crippen molar-refractivity contribution >= 4 is 5.97 Å². The van der Waals surface area contributed by atoms with Crippen LogP contribution in [0.2, 0.25) is 0 Å². The Morgan fingerprint density at radius 3 is 2.61 bits per heavy atom. The molecule has 1 aromatic carbocycles. The maximum Gasteiger partial charge on any atom is 0.341 e. The van der Waals surface area contributed by atoms with Crippen molar-refractivity contribution in [1.82, 2.24) is 0 Å². The van der Waals surface area contributed by atoms with Gasteiger partial charge in [-0.05, 0) is 25.5 Å². The monoisotopic (exact) mass is 252 g/mol. The molecule has 4 nitrogen and oxygen atoms in total. The molecule has 0 saturated carbocycles. The van der Waals surface area contributed by atoms with Crippen LogP contribution < -0.4 is 4.74 Å². The van der Waals surface area contributed by atoms with Gasteiger partial charge in [-0.1, -0.05) is 19.1 Å². The molecule has 0 spiro atoms. The second-order valence-corrected chi connectivity index (χ2v) is 3.68. The molecule has 18 heavy (non-hydrogen) atoms. The van der Waals surface area contributed by atoms with E-state index in [0.717, 1.165) is 13.0 Å². The lowest BCUT2D eigenvalue weighted by Crippen LogP contribution is -2.11. The van der Waals surface area contributed by atoms with E-state index in [4.69, 9.17) is 14.2 Å². The Hall–Kier alpha value is -1.55. The lowest BCUT2D eigenvalue weighted by atomic mass is 10.2. The van der Waals surface area contributed by atoms with Crippen molar-refractivity contribution in [2.75, 3.05) is 26.4 Å². The highest BCUT2D eigenvalue weighted by atomic mass is 16.5. The van der Waals surface area contributed by atoms with Gasteiger partial charge in [-0.15, -0.1) is 0 Å². The Morgan fingerprint density at radius 1 is 1.11 bits per heavy atom. The number of hydrogen-bond acceptors (Lipinski definition) is 4. The van der Waals surface area contributed by atoms with Crippen molar-refractivity contribution < 1.29 is 19.0 Å². The summed E-state index contributed by atoms with van der Waals surface area (Å²) < 4.78 is 15.8. The minimum atomic E-state index is -0.359. The third-order valence-corrected chi connectivity index (χ3v) is 2.22. The largest absolute Gasteiger partial charge is 0.490 e. The summed E-state index contributed by atoms with van der Waals surface area (Å²) in [6.07, 6.45) is 0.986. The van der Waals surface area contributed by atoms with Gasteiger partial charge >= 0.3 is 5.97 Å². The van der Waals surface area contributed by atoms with Crippen LogP contribution in [0.15, 0.2) is 24.3 Å². The van der Waals surface area contributed by atoms with E-state index in [9.17, 15) is 4.79 Å². The van der Waals surface area contributed by atoms with Gasteiger partial charge in [0.2, 0.25) is 0 Å². The van der Waals surface area contributed by atoms with E-state index in [1.807, 2.05) is 6.07 Å². The number of ether oxygens (including phenoxy) is 3. The average molecular weight is 252 g/mol. The number of benzene rings is 1. The van der Waals surface area contributed by atoms with Crippen LogP contribution in [0.3, 0.4) is 0 Å². The van der Waals surface area contributed by atoms with Crippen LogP contribution in [0.5, 0.6) is 5.75 Å². The lowest BCUT2D eigenvalue weighted by Gasteiger charge is -2.10.